The van der Waals surface area contributed by atoms with Gasteiger partial charge in [0.2, 0.25) is 0 Å². The predicted octanol–water partition coefficient (Wildman–Crippen LogP) is 4.30. The molecule has 0 spiro atoms. The summed E-state index contributed by atoms with van der Waals surface area (Å²) in [7, 11) is 0. The zero-order chi connectivity index (χ0) is 15.3. The summed E-state index contributed by atoms with van der Waals surface area (Å²) in [6.45, 7) is 14.8. The first-order valence-electron chi connectivity index (χ1n) is 9.47. The monoisotopic (exact) mass is 294 g/mol. The number of piperidine rings is 1. The lowest BCUT2D eigenvalue weighted by Crippen LogP contribution is -2.42. The predicted molar refractivity (Wildman–Crippen MR) is 92.7 cm³/mol. The summed E-state index contributed by atoms with van der Waals surface area (Å²) in [4.78, 5) is 2.65. The third kappa shape index (κ3) is 5.25. The minimum Gasteiger partial charge on any atom is -0.313 e. The molecule has 0 amide bonds. The molecule has 2 fully saturated rings. The summed E-state index contributed by atoms with van der Waals surface area (Å²) in [6, 6.07) is 0.789. The molecule has 2 rings (SSSR count). The first-order valence-corrected chi connectivity index (χ1v) is 9.47. The molecule has 1 saturated heterocycles. The van der Waals surface area contributed by atoms with Crippen molar-refractivity contribution in [3.05, 3.63) is 0 Å². The second-order valence-electron chi connectivity index (χ2n) is 8.37. The van der Waals surface area contributed by atoms with Gasteiger partial charge in [0.05, 0.1) is 0 Å². The van der Waals surface area contributed by atoms with Crippen LogP contribution in [0.2, 0.25) is 0 Å². The van der Waals surface area contributed by atoms with Crippen molar-refractivity contribution in [1.82, 2.24) is 10.2 Å². The Morgan fingerprint density at radius 2 is 1.62 bits per heavy atom. The lowest BCUT2D eigenvalue weighted by atomic mass is 9.69. The van der Waals surface area contributed by atoms with Crippen molar-refractivity contribution in [3.8, 4) is 0 Å². The molecule has 1 aliphatic heterocycles. The van der Waals surface area contributed by atoms with Crippen molar-refractivity contribution in [2.24, 2.45) is 17.3 Å². The molecule has 0 aromatic rings. The maximum Gasteiger partial charge on any atom is 0.0107 e. The quantitative estimate of drug-likeness (QED) is 0.785. The molecule has 0 aromatic heterocycles. The van der Waals surface area contributed by atoms with E-state index in [9.17, 15) is 0 Å². The fourth-order valence-electron chi connectivity index (χ4n) is 4.08. The van der Waals surface area contributed by atoms with Crippen LogP contribution >= 0.6 is 0 Å². The molecule has 0 unspecified atom stereocenters. The third-order valence-electron chi connectivity index (χ3n) is 6.48. The molecule has 124 valence electrons. The Morgan fingerprint density at radius 3 is 2.19 bits per heavy atom. The number of likely N-dealkylation sites (tertiary alicyclic amines) is 1. The molecule has 1 aliphatic carbocycles. The molecule has 0 atom stereocenters. The topological polar surface area (TPSA) is 15.3 Å². The first-order chi connectivity index (χ1) is 10.0. The summed E-state index contributed by atoms with van der Waals surface area (Å²) in [5, 5.41) is 3.83. The second kappa shape index (κ2) is 7.97. The fourth-order valence-corrected chi connectivity index (χ4v) is 4.08. The Morgan fingerprint density at radius 1 is 1.00 bits per heavy atom. The Hall–Kier alpha value is -0.0800. The van der Waals surface area contributed by atoms with Crippen LogP contribution in [0.1, 0.15) is 72.6 Å². The van der Waals surface area contributed by atoms with E-state index in [1.54, 1.807) is 0 Å². The van der Waals surface area contributed by atoms with Gasteiger partial charge < -0.3 is 10.2 Å². The van der Waals surface area contributed by atoms with Gasteiger partial charge in [0.25, 0.3) is 0 Å². The number of nitrogens with zero attached hydrogens (tertiary/aromatic N) is 1. The lowest BCUT2D eigenvalue weighted by Gasteiger charge is -2.39. The summed E-state index contributed by atoms with van der Waals surface area (Å²) in [5.41, 5.74) is 0.551. The van der Waals surface area contributed by atoms with E-state index in [-0.39, 0.29) is 0 Å². The molecule has 21 heavy (non-hydrogen) atoms. The molecular formula is C19H38N2. The van der Waals surface area contributed by atoms with E-state index in [0.29, 0.717) is 5.41 Å². The van der Waals surface area contributed by atoms with E-state index in [0.717, 1.165) is 17.9 Å². The van der Waals surface area contributed by atoms with Gasteiger partial charge in [0, 0.05) is 19.1 Å². The van der Waals surface area contributed by atoms with E-state index in [2.05, 4.69) is 37.9 Å². The normalized spacial score (nSPS) is 29.7. The largest absolute Gasteiger partial charge is 0.313 e. The van der Waals surface area contributed by atoms with Gasteiger partial charge in [-0.25, -0.2) is 0 Å². The maximum absolute atomic E-state index is 3.83. The Bertz CT molecular complexity index is 284. The smallest absolute Gasteiger partial charge is 0.0107 e. The van der Waals surface area contributed by atoms with Crippen LogP contribution in [0.3, 0.4) is 0 Å². The van der Waals surface area contributed by atoms with Crippen molar-refractivity contribution in [2.45, 2.75) is 78.7 Å². The van der Waals surface area contributed by atoms with Gasteiger partial charge in [-0.3, -0.25) is 0 Å². The number of rotatable bonds is 6. The van der Waals surface area contributed by atoms with E-state index in [4.69, 9.17) is 0 Å². The van der Waals surface area contributed by atoms with Gasteiger partial charge in [0.15, 0.2) is 0 Å². The first kappa shape index (κ1) is 17.3. The number of hydrogen-bond donors (Lipinski definition) is 1. The van der Waals surface area contributed by atoms with Gasteiger partial charge in [-0.15, -0.1) is 0 Å². The second-order valence-corrected chi connectivity index (χ2v) is 8.37. The Kier molecular flexibility index (Phi) is 6.55. The van der Waals surface area contributed by atoms with E-state index < -0.39 is 0 Å². The van der Waals surface area contributed by atoms with Crippen molar-refractivity contribution in [1.29, 1.82) is 0 Å². The number of hydrogen-bond acceptors (Lipinski definition) is 2. The van der Waals surface area contributed by atoms with Crippen LogP contribution in [0.25, 0.3) is 0 Å². The van der Waals surface area contributed by atoms with Crippen LogP contribution < -0.4 is 5.32 Å². The molecule has 1 N–H and O–H groups in total. The molecule has 0 bridgehead atoms. The molecule has 0 aromatic carbocycles. The van der Waals surface area contributed by atoms with Crippen LogP contribution in [0, 0.1) is 17.3 Å². The van der Waals surface area contributed by atoms with Crippen LogP contribution in [0.15, 0.2) is 0 Å². The summed E-state index contributed by atoms with van der Waals surface area (Å²) >= 11 is 0. The highest BCUT2D eigenvalue weighted by Crippen LogP contribution is 2.40. The molecular weight excluding hydrogens is 256 g/mol. The maximum atomic E-state index is 3.83. The Labute approximate surface area is 133 Å². The van der Waals surface area contributed by atoms with Gasteiger partial charge in [-0.1, -0.05) is 34.1 Å². The van der Waals surface area contributed by atoms with E-state index >= 15 is 0 Å². The van der Waals surface area contributed by atoms with Crippen molar-refractivity contribution < 1.29 is 0 Å². The Balaban J connectivity index is 1.59. The fraction of sp³-hybridized carbons (Fsp3) is 1.00. The molecule has 2 aliphatic rings. The van der Waals surface area contributed by atoms with Gasteiger partial charge in [0.1, 0.15) is 0 Å². The number of nitrogens with one attached hydrogen (secondary N) is 1. The van der Waals surface area contributed by atoms with Crippen LogP contribution in [-0.2, 0) is 0 Å². The average molecular weight is 295 g/mol. The molecule has 2 nitrogen and oxygen atoms in total. The molecule has 2 heteroatoms. The highest BCUT2D eigenvalue weighted by atomic mass is 15.1. The zero-order valence-corrected chi connectivity index (χ0v) is 15.0. The molecule has 0 radical (unpaired) electrons. The molecule has 1 saturated carbocycles. The van der Waals surface area contributed by atoms with Crippen molar-refractivity contribution in [2.75, 3.05) is 26.2 Å². The SMILES string of the molecule is CCC(C)(C)C1CCC(NCCN2CCC(C)CC2)CC1. The van der Waals surface area contributed by atoms with Gasteiger partial charge >= 0.3 is 0 Å². The van der Waals surface area contributed by atoms with E-state index in [1.807, 2.05) is 0 Å². The summed E-state index contributed by atoms with van der Waals surface area (Å²) in [5.74, 6) is 1.90. The van der Waals surface area contributed by atoms with E-state index in [1.165, 1.54) is 71.1 Å². The zero-order valence-electron chi connectivity index (χ0n) is 15.0. The minimum absolute atomic E-state index is 0.551. The lowest BCUT2D eigenvalue weighted by molar-refractivity contribution is 0.134. The van der Waals surface area contributed by atoms with Crippen LogP contribution in [0.5, 0.6) is 0 Å². The molecule has 1 heterocycles. The third-order valence-corrected chi connectivity index (χ3v) is 6.48. The highest BCUT2D eigenvalue weighted by molar-refractivity contribution is 4.85. The van der Waals surface area contributed by atoms with Crippen molar-refractivity contribution >= 4 is 0 Å². The average Bonchev–Trinajstić information content (AvgIpc) is 2.50. The van der Waals surface area contributed by atoms with Crippen LogP contribution in [0.4, 0.5) is 0 Å². The summed E-state index contributed by atoms with van der Waals surface area (Å²) in [6.07, 6.45) is 9.77. The van der Waals surface area contributed by atoms with Crippen molar-refractivity contribution in [3.63, 3.8) is 0 Å². The minimum atomic E-state index is 0.551. The highest BCUT2D eigenvalue weighted by Gasteiger charge is 2.31. The summed E-state index contributed by atoms with van der Waals surface area (Å²) < 4.78 is 0. The van der Waals surface area contributed by atoms with Crippen LogP contribution in [-0.4, -0.2) is 37.1 Å². The van der Waals surface area contributed by atoms with Gasteiger partial charge in [-0.05, 0) is 68.9 Å². The van der Waals surface area contributed by atoms with Gasteiger partial charge in [-0.2, -0.15) is 0 Å². The standard InChI is InChI=1S/C19H38N2/c1-5-19(3,4)17-6-8-18(9-7-17)20-12-15-21-13-10-16(2)11-14-21/h16-18,20H,5-15H2,1-4H3.